The lowest BCUT2D eigenvalue weighted by Crippen LogP contribution is -2.34. The highest BCUT2D eigenvalue weighted by atomic mass is 16.6. The van der Waals surface area contributed by atoms with Gasteiger partial charge in [0.15, 0.2) is 6.10 Å². The standard InChI is InChI=1S/C18H21NO3/c1-13(19)18(20)22-17(15-9-5-3-6-10-15)14(2)21-16-11-7-4-8-12-16/h3-14,17H,19H2,1-2H3/t13-,14-,17-/m0/s1. The van der Waals surface area contributed by atoms with Gasteiger partial charge in [0.1, 0.15) is 17.9 Å². The first-order chi connectivity index (χ1) is 10.6. The highest BCUT2D eigenvalue weighted by molar-refractivity contribution is 5.75. The first-order valence-electron chi connectivity index (χ1n) is 7.30. The van der Waals surface area contributed by atoms with E-state index in [9.17, 15) is 4.79 Å². The fraction of sp³-hybridized carbons (Fsp3) is 0.278. The van der Waals surface area contributed by atoms with Gasteiger partial charge < -0.3 is 15.2 Å². The van der Waals surface area contributed by atoms with E-state index in [0.29, 0.717) is 0 Å². The molecule has 2 N–H and O–H groups in total. The number of benzene rings is 2. The van der Waals surface area contributed by atoms with Crippen molar-refractivity contribution in [1.29, 1.82) is 0 Å². The lowest BCUT2D eigenvalue weighted by atomic mass is 10.0. The zero-order chi connectivity index (χ0) is 15.9. The van der Waals surface area contributed by atoms with Crippen molar-refractivity contribution in [3.8, 4) is 5.75 Å². The van der Waals surface area contributed by atoms with E-state index < -0.39 is 18.1 Å². The predicted octanol–water partition coefficient (Wildman–Crippen LogP) is 3.09. The Kier molecular flexibility index (Phi) is 5.55. The number of para-hydroxylation sites is 1. The van der Waals surface area contributed by atoms with Gasteiger partial charge in [0.2, 0.25) is 0 Å². The minimum Gasteiger partial charge on any atom is -0.486 e. The van der Waals surface area contributed by atoms with Crippen molar-refractivity contribution in [3.05, 3.63) is 66.2 Å². The van der Waals surface area contributed by atoms with Crippen molar-refractivity contribution in [3.63, 3.8) is 0 Å². The smallest absolute Gasteiger partial charge is 0.323 e. The summed E-state index contributed by atoms with van der Waals surface area (Å²) in [6.07, 6.45) is -0.854. The third-order valence-corrected chi connectivity index (χ3v) is 3.23. The molecule has 22 heavy (non-hydrogen) atoms. The summed E-state index contributed by atoms with van der Waals surface area (Å²) in [5.74, 6) is 0.283. The van der Waals surface area contributed by atoms with E-state index in [1.165, 1.54) is 0 Å². The second kappa shape index (κ2) is 7.61. The number of esters is 1. The topological polar surface area (TPSA) is 61.6 Å². The average molecular weight is 299 g/mol. The van der Waals surface area contributed by atoms with Crippen LogP contribution < -0.4 is 10.5 Å². The Balaban J connectivity index is 2.18. The Labute approximate surface area is 130 Å². The average Bonchev–Trinajstić information content (AvgIpc) is 2.54. The maximum absolute atomic E-state index is 11.9. The van der Waals surface area contributed by atoms with Gasteiger partial charge in [0.25, 0.3) is 0 Å². The maximum atomic E-state index is 11.9. The first-order valence-corrected chi connectivity index (χ1v) is 7.30. The van der Waals surface area contributed by atoms with Gasteiger partial charge in [-0.1, -0.05) is 48.5 Å². The summed E-state index contributed by atoms with van der Waals surface area (Å²) in [4.78, 5) is 11.9. The Hall–Kier alpha value is -2.33. The van der Waals surface area contributed by atoms with Crippen LogP contribution in [0.4, 0.5) is 0 Å². The minimum atomic E-state index is -0.671. The molecule has 0 saturated carbocycles. The van der Waals surface area contributed by atoms with Crippen LogP contribution in [-0.2, 0) is 9.53 Å². The van der Waals surface area contributed by atoms with Crippen LogP contribution >= 0.6 is 0 Å². The van der Waals surface area contributed by atoms with Crippen LogP contribution in [0.3, 0.4) is 0 Å². The number of hydrogen-bond donors (Lipinski definition) is 1. The summed E-state index contributed by atoms with van der Waals surface area (Å²) in [5.41, 5.74) is 6.47. The monoisotopic (exact) mass is 299 g/mol. The molecule has 0 aliphatic rings. The second-order valence-corrected chi connectivity index (χ2v) is 5.19. The zero-order valence-corrected chi connectivity index (χ0v) is 12.8. The van der Waals surface area contributed by atoms with Gasteiger partial charge in [-0.25, -0.2) is 0 Å². The van der Waals surface area contributed by atoms with Gasteiger partial charge in [-0.15, -0.1) is 0 Å². The molecule has 2 rings (SSSR count). The van der Waals surface area contributed by atoms with Crippen molar-refractivity contribution >= 4 is 5.97 Å². The number of hydrogen-bond acceptors (Lipinski definition) is 4. The normalized spacial score (nSPS) is 14.7. The molecular weight excluding hydrogens is 278 g/mol. The quantitative estimate of drug-likeness (QED) is 0.833. The van der Waals surface area contributed by atoms with Crippen LogP contribution in [0.2, 0.25) is 0 Å². The lowest BCUT2D eigenvalue weighted by Gasteiger charge is -2.26. The van der Waals surface area contributed by atoms with E-state index >= 15 is 0 Å². The van der Waals surface area contributed by atoms with Crippen LogP contribution in [0, 0.1) is 0 Å². The van der Waals surface area contributed by atoms with E-state index in [1.807, 2.05) is 67.6 Å². The summed E-state index contributed by atoms with van der Waals surface area (Å²) in [6, 6.07) is 18.3. The molecule has 0 aromatic heterocycles. The molecule has 0 radical (unpaired) electrons. The number of carbonyl (C=O) groups excluding carboxylic acids is 1. The van der Waals surface area contributed by atoms with Gasteiger partial charge >= 0.3 is 5.97 Å². The van der Waals surface area contributed by atoms with E-state index in [1.54, 1.807) is 6.92 Å². The number of carbonyl (C=O) groups is 1. The largest absolute Gasteiger partial charge is 0.486 e. The van der Waals surface area contributed by atoms with Crippen molar-refractivity contribution in [2.75, 3.05) is 0 Å². The molecule has 4 nitrogen and oxygen atoms in total. The summed E-state index contributed by atoms with van der Waals surface area (Å²) in [5, 5.41) is 0. The number of ether oxygens (including phenoxy) is 2. The summed E-state index contributed by atoms with van der Waals surface area (Å²) in [6.45, 7) is 3.48. The van der Waals surface area contributed by atoms with Gasteiger partial charge in [-0.2, -0.15) is 0 Å². The SMILES string of the molecule is C[C@H](N)C(=O)O[C@H](c1ccccc1)[C@H](C)Oc1ccccc1. The van der Waals surface area contributed by atoms with Crippen LogP contribution in [-0.4, -0.2) is 18.1 Å². The molecule has 0 aliphatic carbocycles. The summed E-state index contributed by atoms with van der Waals surface area (Å²) in [7, 11) is 0. The highest BCUT2D eigenvalue weighted by Crippen LogP contribution is 2.25. The molecule has 2 aromatic rings. The van der Waals surface area contributed by atoms with Crippen LogP contribution in [0.5, 0.6) is 5.75 Å². The second-order valence-electron chi connectivity index (χ2n) is 5.19. The fourth-order valence-electron chi connectivity index (χ4n) is 2.09. The molecule has 0 amide bonds. The zero-order valence-electron chi connectivity index (χ0n) is 12.8. The van der Waals surface area contributed by atoms with E-state index in [0.717, 1.165) is 11.3 Å². The fourth-order valence-corrected chi connectivity index (χ4v) is 2.09. The third-order valence-electron chi connectivity index (χ3n) is 3.23. The molecule has 0 heterocycles. The Bertz CT molecular complexity index is 584. The molecule has 0 saturated heterocycles. The molecule has 0 aliphatic heterocycles. The predicted molar refractivity (Wildman–Crippen MR) is 85.5 cm³/mol. The van der Waals surface area contributed by atoms with Crippen LogP contribution in [0.1, 0.15) is 25.5 Å². The summed E-state index contributed by atoms with van der Waals surface area (Å²) >= 11 is 0. The number of rotatable bonds is 6. The van der Waals surface area contributed by atoms with Gasteiger partial charge in [-0.3, -0.25) is 4.79 Å². The van der Waals surface area contributed by atoms with Gasteiger partial charge in [0.05, 0.1) is 0 Å². The van der Waals surface area contributed by atoms with Crippen molar-refractivity contribution in [2.45, 2.75) is 32.1 Å². The lowest BCUT2D eigenvalue weighted by molar-refractivity contribution is -0.155. The number of nitrogens with two attached hydrogens (primary N) is 1. The molecule has 0 fully saturated rings. The Morgan fingerprint density at radius 3 is 2.05 bits per heavy atom. The van der Waals surface area contributed by atoms with E-state index in [-0.39, 0.29) is 6.10 Å². The molecule has 0 bridgehead atoms. The van der Waals surface area contributed by atoms with E-state index in [4.69, 9.17) is 15.2 Å². The molecule has 0 spiro atoms. The molecule has 116 valence electrons. The Morgan fingerprint density at radius 2 is 1.50 bits per heavy atom. The third kappa shape index (κ3) is 4.33. The Morgan fingerprint density at radius 1 is 0.955 bits per heavy atom. The molecule has 3 atom stereocenters. The van der Waals surface area contributed by atoms with Crippen LogP contribution in [0.15, 0.2) is 60.7 Å². The molecular formula is C18H21NO3. The minimum absolute atomic E-state index is 0.340. The van der Waals surface area contributed by atoms with E-state index in [2.05, 4.69) is 0 Å². The first kappa shape index (κ1) is 16.0. The van der Waals surface area contributed by atoms with Gasteiger partial charge in [-0.05, 0) is 31.5 Å². The van der Waals surface area contributed by atoms with Crippen molar-refractivity contribution < 1.29 is 14.3 Å². The summed E-state index contributed by atoms with van der Waals surface area (Å²) < 4.78 is 11.4. The van der Waals surface area contributed by atoms with Crippen molar-refractivity contribution in [2.24, 2.45) is 5.73 Å². The molecule has 2 aromatic carbocycles. The highest BCUT2D eigenvalue weighted by Gasteiger charge is 2.26. The van der Waals surface area contributed by atoms with Crippen molar-refractivity contribution in [1.82, 2.24) is 0 Å². The maximum Gasteiger partial charge on any atom is 0.323 e. The molecule has 4 heteroatoms. The van der Waals surface area contributed by atoms with Gasteiger partial charge in [0, 0.05) is 0 Å². The van der Waals surface area contributed by atoms with Crippen LogP contribution in [0.25, 0.3) is 0 Å². The molecule has 0 unspecified atom stereocenters.